The summed E-state index contributed by atoms with van der Waals surface area (Å²) in [7, 11) is 1.35. The van der Waals surface area contributed by atoms with Gasteiger partial charge in [0.15, 0.2) is 0 Å². The molecule has 0 aliphatic rings. The van der Waals surface area contributed by atoms with Crippen LogP contribution in [0.3, 0.4) is 0 Å². The summed E-state index contributed by atoms with van der Waals surface area (Å²) in [5.74, 6) is -0.400. The highest BCUT2D eigenvalue weighted by Crippen LogP contribution is 2.13. The van der Waals surface area contributed by atoms with E-state index in [2.05, 4.69) is 15.0 Å². The van der Waals surface area contributed by atoms with Crippen LogP contribution in [0.2, 0.25) is 0 Å². The second-order valence-electron chi connectivity index (χ2n) is 4.22. The number of carbonyl (C=O) groups is 2. The van der Waals surface area contributed by atoms with Gasteiger partial charge in [-0.05, 0) is 30.0 Å². The van der Waals surface area contributed by atoms with Gasteiger partial charge in [-0.25, -0.2) is 0 Å². The molecule has 2 rings (SSSR count). The minimum Gasteiger partial charge on any atom is -0.469 e. The van der Waals surface area contributed by atoms with Crippen molar-refractivity contribution in [3.63, 3.8) is 0 Å². The molecule has 1 heterocycles. The molecule has 0 atom stereocenters. The molecule has 100 valence electrons. The first-order chi connectivity index (χ1) is 9.20. The molecule has 0 saturated carbocycles. The van der Waals surface area contributed by atoms with Gasteiger partial charge in [0.05, 0.1) is 7.11 Å². The number of carbonyl (C=O) groups excluding carboxylic acids is 2. The summed E-state index contributed by atoms with van der Waals surface area (Å²) in [6.45, 7) is 0.455. The predicted octanol–water partition coefficient (Wildman–Crippen LogP) is 1.85. The zero-order valence-corrected chi connectivity index (χ0v) is 10.7. The Morgan fingerprint density at radius 2 is 2.16 bits per heavy atom. The van der Waals surface area contributed by atoms with Gasteiger partial charge in [-0.15, -0.1) is 0 Å². The monoisotopic (exact) mass is 260 g/mol. The maximum absolute atomic E-state index is 11.9. The fourth-order valence-corrected chi connectivity index (χ4v) is 1.83. The molecule has 0 spiro atoms. The first-order valence-electron chi connectivity index (χ1n) is 6.13. The first kappa shape index (κ1) is 13.1. The maximum Gasteiger partial charge on any atom is 0.305 e. The SMILES string of the molecule is COC(=O)CCCNC(=O)c1ccc2cc[nH]c2c1. The van der Waals surface area contributed by atoms with Crippen molar-refractivity contribution in [3.05, 3.63) is 36.0 Å². The smallest absolute Gasteiger partial charge is 0.305 e. The second-order valence-corrected chi connectivity index (χ2v) is 4.22. The molecule has 1 aromatic heterocycles. The van der Waals surface area contributed by atoms with E-state index in [-0.39, 0.29) is 11.9 Å². The fourth-order valence-electron chi connectivity index (χ4n) is 1.83. The molecule has 2 N–H and O–H groups in total. The van der Waals surface area contributed by atoms with Gasteiger partial charge in [-0.1, -0.05) is 6.07 Å². The Balaban J connectivity index is 1.87. The molecule has 0 saturated heterocycles. The van der Waals surface area contributed by atoms with Gasteiger partial charge in [0.25, 0.3) is 5.91 Å². The van der Waals surface area contributed by atoms with E-state index in [0.29, 0.717) is 24.9 Å². The Kier molecular flexibility index (Phi) is 4.18. The van der Waals surface area contributed by atoms with Crippen molar-refractivity contribution in [2.75, 3.05) is 13.7 Å². The quantitative estimate of drug-likeness (QED) is 0.636. The largest absolute Gasteiger partial charge is 0.469 e. The van der Waals surface area contributed by atoms with Crippen LogP contribution in [-0.4, -0.2) is 30.5 Å². The number of amides is 1. The lowest BCUT2D eigenvalue weighted by atomic mass is 10.1. The molecule has 2 aromatic rings. The van der Waals surface area contributed by atoms with Crippen LogP contribution in [0, 0.1) is 0 Å². The van der Waals surface area contributed by atoms with E-state index in [1.165, 1.54) is 7.11 Å². The first-order valence-corrected chi connectivity index (χ1v) is 6.13. The lowest BCUT2D eigenvalue weighted by molar-refractivity contribution is -0.140. The average molecular weight is 260 g/mol. The van der Waals surface area contributed by atoms with E-state index in [0.717, 1.165) is 10.9 Å². The third-order valence-corrected chi connectivity index (χ3v) is 2.89. The van der Waals surface area contributed by atoms with Crippen molar-refractivity contribution in [2.45, 2.75) is 12.8 Å². The number of ether oxygens (including phenoxy) is 1. The van der Waals surface area contributed by atoms with Crippen LogP contribution < -0.4 is 5.32 Å². The summed E-state index contributed by atoms with van der Waals surface area (Å²) in [4.78, 5) is 25.9. The standard InChI is InChI=1S/C14H16N2O3/c1-19-13(17)3-2-7-16-14(18)11-5-4-10-6-8-15-12(10)9-11/h4-6,8-9,15H,2-3,7H2,1H3,(H,16,18). The van der Waals surface area contributed by atoms with Crippen molar-refractivity contribution in [1.29, 1.82) is 0 Å². The van der Waals surface area contributed by atoms with Crippen LogP contribution in [0.5, 0.6) is 0 Å². The Hall–Kier alpha value is -2.30. The number of methoxy groups -OCH3 is 1. The molecule has 0 radical (unpaired) electrons. The maximum atomic E-state index is 11.9. The predicted molar refractivity (Wildman–Crippen MR) is 71.9 cm³/mol. The van der Waals surface area contributed by atoms with Crippen LogP contribution >= 0.6 is 0 Å². The van der Waals surface area contributed by atoms with E-state index < -0.39 is 0 Å². The molecule has 0 bridgehead atoms. The van der Waals surface area contributed by atoms with Gasteiger partial charge in [-0.3, -0.25) is 9.59 Å². The molecular formula is C14H16N2O3. The van der Waals surface area contributed by atoms with E-state index in [1.54, 1.807) is 6.07 Å². The van der Waals surface area contributed by atoms with Crippen LogP contribution in [0.1, 0.15) is 23.2 Å². The number of esters is 1. The van der Waals surface area contributed by atoms with Crippen molar-refractivity contribution >= 4 is 22.8 Å². The molecular weight excluding hydrogens is 244 g/mol. The van der Waals surface area contributed by atoms with Gasteiger partial charge >= 0.3 is 5.97 Å². The molecule has 19 heavy (non-hydrogen) atoms. The average Bonchev–Trinajstić information content (AvgIpc) is 2.90. The number of rotatable bonds is 5. The van der Waals surface area contributed by atoms with E-state index in [9.17, 15) is 9.59 Å². The Labute approximate surface area is 110 Å². The second kappa shape index (κ2) is 6.04. The Morgan fingerprint density at radius 3 is 2.95 bits per heavy atom. The Bertz CT molecular complexity index is 589. The molecule has 5 heteroatoms. The number of nitrogens with one attached hydrogen (secondary N) is 2. The van der Waals surface area contributed by atoms with Gasteiger partial charge in [0.1, 0.15) is 0 Å². The number of aromatic amines is 1. The van der Waals surface area contributed by atoms with Gasteiger partial charge in [0, 0.05) is 30.2 Å². The van der Waals surface area contributed by atoms with Crippen molar-refractivity contribution in [3.8, 4) is 0 Å². The fraction of sp³-hybridized carbons (Fsp3) is 0.286. The minimum atomic E-state index is -0.262. The zero-order valence-electron chi connectivity index (χ0n) is 10.7. The molecule has 0 aliphatic carbocycles. The van der Waals surface area contributed by atoms with Crippen molar-refractivity contribution < 1.29 is 14.3 Å². The number of fused-ring (bicyclic) bond motifs is 1. The highest BCUT2D eigenvalue weighted by Gasteiger charge is 2.07. The number of aromatic nitrogens is 1. The number of hydrogen-bond acceptors (Lipinski definition) is 3. The van der Waals surface area contributed by atoms with Gasteiger partial charge in [0.2, 0.25) is 0 Å². The van der Waals surface area contributed by atoms with E-state index in [1.807, 2.05) is 24.4 Å². The molecule has 1 aromatic carbocycles. The lowest BCUT2D eigenvalue weighted by Gasteiger charge is -2.05. The highest BCUT2D eigenvalue weighted by molar-refractivity contribution is 5.97. The molecule has 1 amide bonds. The third-order valence-electron chi connectivity index (χ3n) is 2.89. The lowest BCUT2D eigenvalue weighted by Crippen LogP contribution is -2.24. The summed E-state index contributed by atoms with van der Waals surface area (Å²) in [5.41, 5.74) is 1.54. The van der Waals surface area contributed by atoms with E-state index in [4.69, 9.17) is 0 Å². The summed E-state index contributed by atoms with van der Waals surface area (Å²) in [6, 6.07) is 7.44. The normalized spacial score (nSPS) is 10.4. The van der Waals surface area contributed by atoms with E-state index >= 15 is 0 Å². The highest BCUT2D eigenvalue weighted by atomic mass is 16.5. The topological polar surface area (TPSA) is 71.2 Å². The molecule has 0 unspecified atom stereocenters. The summed E-state index contributed by atoms with van der Waals surface area (Å²) < 4.78 is 4.53. The Morgan fingerprint density at radius 1 is 1.32 bits per heavy atom. The summed E-state index contributed by atoms with van der Waals surface area (Å²) in [5, 5.41) is 3.85. The number of benzene rings is 1. The minimum absolute atomic E-state index is 0.138. The molecule has 0 fully saturated rings. The van der Waals surface area contributed by atoms with Gasteiger partial charge in [-0.2, -0.15) is 0 Å². The summed E-state index contributed by atoms with van der Waals surface area (Å²) >= 11 is 0. The van der Waals surface area contributed by atoms with Crippen LogP contribution in [0.25, 0.3) is 10.9 Å². The third kappa shape index (κ3) is 3.34. The number of H-pyrrole nitrogens is 1. The van der Waals surface area contributed by atoms with Crippen molar-refractivity contribution in [2.24, 2.45) is 0 Å². The van der Waals surface area contributed by atoms with Crippen LogP contribution in [-0.2, 0) is 9.53 Å². The molecule has 5 nitrogen and oxygen atoms in total. The van der Waals surface area contributed by atoms with Gasteiger partial charge < -0.3 is 15.0 Å². The summed E-state index contributed by atoms with van der Waals surface area (Å²) in [6.07, 6.45) is 2.72. The number of hydrogen-bond donors (Lipinski definition) is 2. The zero-order chi connectivity index (χ0) is 13.7. The van der Waals surface area contributed by atoms with Crippen LogP contribution in [0.15, 0.2) is 30.5 Å². The molecule has 0 aliphatic heterocycles. The van der Waals surface area contributed by atoms with Crippen molar-refractivity contribution in [1.82, 2.24) is 10.3 Å². The van der Waals surface area contributed by atoms with Crippen LogP contribution in [0.4, 0.5) is 0 Å².